The van der Waals surface area contributed by atoms with E-state index in [1.54, 1.807) is 0 Å². The molecule has 2 aliphatic heterocycles. The second-order valence-corrected chi connectivity index (χ2v) is 10.6. The maximum Gasteiger partial charge on any atom is 0.421 e. The van der Waals surface area contributed by atoms with Crippen molar-refractivity contribution in [3.63, 3.8) is 0 Å². The second kappa shape index (κ2) is 6.50. The van der Waals surface area contributed by atoms with Gasteiger partial charge in [-0.25, -0.2) is 0 Å². The Morgan fingerprint density at radius 2 is 1.36 bits per heavy atom. The summed E-state index contributed by atoms with van der Waals surface area (Å²) in [7, 11) is 0. The third-order valence-corrected chi connectivity index (χ3v) is 9.00. The van der Waals surface area contributed by atoms with E-state index in [4.69, 9.17) is 0 Å². The zero-order valence-corrected chi connectivity index (χ0v) is 19.2. The summed E-state index contributed by atoms with van der Waals surface area (Å²) in [4.78, 5) is 6.41. The Labute approximate surface area is 200 Å². The van der Waals surface area contributed by atoms with Crippen molar-refractivity contribution in [2.24, 2.45) is 0 Å². The molecule has 4 aromatic carbocycles. The molecular formula is C28H17BN2S2. The lowest BCUT2D eigenvalue weighted by Gasteiger charge is -2.34. The van der Waals surface area contributed by atoms with Gasteiger partial charge in [-0.2, -0.15) is 0 Å². The molecular weight excluding hydrogens is 439 g/mol. The van der Waals surface area contributed by atoms with Gasteiger partial charge in [-0.1, -0.05) is 54.6 Å². The van der Waals surface area contributed by atoms with E-state index in [1.807, 2.05) is 22.7 Å². The molecule has 0 radical (unpaired) electrons. The van der Waals surface area contributed by atoms with E-state index in [0.29, 0.717) is 0 Å². The van der Waals surface area contributed by atoms with E-state index in [-0.39, 0.29) is 6.98 Å². The van der Waals surface area contributed by atoms with Gasteiger partial charge in [0.15, 0.2) is 0 Å². The van der Waals surface area contributed by atoms with Crippen LogP contribution in [0.25, 0.3) is 30.6 Å². The fourth-order valence-electron chi connectivity index (χ4n) is 5.56. The van der Waals surface area contributed by atoms with Gasteiger partial charge in [0.25, 0.3) is 0 Å². The van der Waals surface area contributed by atoms with Crippen LogP contribution in [0.4, 0.5) is 22.7 Å². The Morgan fingerprint density at radius 3 is 2.30 bits per heavy atom. The van der Waals surface area contributed by atoms with Crippen LogP contribution in [0.5, 0.6) is 0 Å². The Balaban J connectivity index is 1.42. The van der Waals surface area contributed by atoms with Crippen LogP contribution in [0.15, 0.2) is 102 Å². The van der Waals surface area contributed by atoms with Crippen LogP contribution in [-0.2, 0) is 0 Å². The number of hydrogen-bond donors (Lipinski definition) is 0. The van der Waals surface area contributed by atoms with E-state index in [1.165, 1.54) is 58.8 Å². The zero-order chi connectivity index (χ0) is 21.5. The molecule has 0 saturated heterocycles. The Morgan fingerprint density at radius 1 is 0.606 bits per heavy atom. The first-order chi connectivity index (χ1) is 16.4. The van der Waals surface area contributed by atoms with Gasteiger partial charge < -0.3 is 9.62 Å². The fraction of sp³-hybridized carbons (Fsp3) is 0. The third kappa shape index (κ3) is 2.33. The highest BCUT2D eigenvalue weighted by Crippen LogP contribution is 2.52. The van der Waals surface area contributed by atoms with E-state index < -0.39 is 0 Å². The van der Waals surface area contributed by atoms with Gasteiger partial charge >= 0.3 is 6.98 Å². The van der Waals surface area contributed by atoms with Crippen molar-refractivity contribution in [3.05, 3.63) is 102 Å². The van der Waals surface area contributed by atoms with Gasteiger partial charge in [-0.15, -0.1) is 22.7 Å². The van der Waals surface area contributed by atoms with E-state index in [0.717, 1.165) is 0 Å². The molecule has 0 N–H and O–H groups in total. The highest BCUT2D eigenvalue weighted by atomic mass is 32.1. The van der Waals surface area contributed by atoms with Crippen molar-refractivity contribution in [3.8, 4) is 10.4 Å². The van der Waals surface area contributed by atoms with Gasteiger partial charge in [0, 0.05) is 31.5 Å². The molecule has 0 spiro atoms. The number of anilines is 4. The highest BCUT2D eigenvalue weighted by molar-refractivity contribution is 7.25. The van der Waals surface area contributed by atoms with Gasteiger partial charge in [-0.05, 0) is 58.9 Å². The summed E-state index contributed by atoms with van der Waals surface area (Å²) in [5, 5.41) is 4.90. The van der Waals surface area contributed by atoms with Gasteiger partial charge in [0.2, 0.25) is 0 Å². The number of nitrogens with zero attached hydrogens (tertiary/aromatic N) is 2. The highest BCUT2D eigenvalue weighted by Gasteiger charge is 2.48. The predicted octanol–water partition coefficient (Wildman–Crippen LogP) is 7.78. The Hall–Kier alpha value is -3.54. The minimum absolute atomic E-state index is 0.100. The summed E-state index contributed by atoms with van der Waals surface area (Å²) in [5.74, 6) is 0. The van der Waals surface area contributed by atoms with Crippen molar-refractivity contribution >= 4 is 78.0 Å². The third-order valence-electron chi connectivity index (χ3n) is 6.92. The lowest BCUT2D eigenvalue weighted by Crippen LogP contribution is -2.55. The van der Waals surface area contributed by atoms with E-state index in [9.17, 15) is 0 Å². The van der Waals surface area contributed by atoms with Crippen molar-refractivity contribution in [2.45, 2.75) is 0 Å². The lowest BCUT2D eigenvalue weighted by molar-refractivity contribution is 1.40. The normalized spacial score (nSPS) is 13.9. The number of fused-ring (bicyclic) bond motifs is 11. The fourth-order valence-corrected chi connectivity index (χ4v) is 7.58. The van der Waals surface area contributed by atoms with Crippen molar-refractivity contribution in [2.75, 3.05) is 9.62 Å². The van der Waals surface area contributed by atoms with Crippen molar-refractivity contribution in [1.29, 1.82) is 0 Å². The van der Waals surface area contributed by atoms with Crippen LogP contribution in [0.3, 0.4) is 0 Å². The Bertz CT molecular complexity index is 1720. The minimum Gasteiger partial charge on any atom is -0.360 e. The largest absolute Gasteiger partial charge is 0.421 e. The predicted molar refractivity (Wildman–Crippen MR) is 145 cm³/mol. The molecule has 2 aromatic heterocycles. The molecule has 8 rings (SSSR count). The molecule has 6 aromatic rings. The summed E-state index contributed by atoms with van der Waals surface area (Å²) in [6.45, 7) is 0.100. The lowest BCUT2D eigenvalue weighted by atomic mass is 9.60. The molecule has 4 heterocycles. The summed E-state index contributed by atoms with van der Waals surface area (Å²) < 4.78 is 2.69. The average Bonchev–Trinajstić information content (AvgIpc) is 3.57. The van der Waals surface area contributed by atoms with Crippen molar-refractivity contribution in [1.82, 2.24) is 0 Å². The van der Waals surface area contributed by atoms with Crippen LogP contribution in [0.1, 0.15) is 0 Å². The van der Waals surface area contributed by atoms with E-state index in [2.05, 4.69) is 112 Å². The number of para-hydroxylation sites is 2. The SMILES string of the molecule is c1ccc2c(c1)B1N(c3ccc4sc5ccccc5c4c3)c3ccccc3N1c1ccsc1-2. The quantitative estimate of drug-likeness (QED) is 0.233. The summed E-state index contributed by atoms with van der Waals surface area (Å²) in [6, 6.07) is 35.7. The maximum atomic E-state index is 2.53. The van der Waals surface area contributed by atoms with Crippen LogP contribution < -0.4 is 15.1 Å². The summed E-state index contributed by atoms with van der Waals surface area (Å²) in [6.07, 6.45) is 0. The molecule has 2 nitrogen and oxygen atoms in total. The summed E-state index contributed by atoms with van der Waals surface area (Å²) >= 11 is 3.71. The van der Waals surface area contributed by atoms with Crippen LogP contribution in [-0.4, -0.2) is 6.98 Å². The zero-order valence-electron chi connectivity index (χ0n) is 17.6. The maximum absolute atomic E-state index is 2.53. The molecule has 0 bridgehead atoms. The Kier molecular flexibility index (Phi) is 3.54. The minimum atomic E-state index is 0.100. The van der Waals surface area contributed by atoms with E-state index >= 15 is 0 Å². The molecule has 33 heavy (non-hydrogen) atoms. The monoisotopic (exact) mass is 456 g/mol. The number of rotatable bonds is 1. The standard InChI is InChI=1S/C28H17BN2S2/c1-3-9-22-20(8-1)28-25(15-16-32-28)31-24-11-5-4-10-23(24)30(29(22)31)18-13-14-27-21(17-18)19-7-2-6-12-26(19)33-27/h1-17H. The first-order valence-corrected chi connectivity index (χ1v) is 12.8. The van der Waals surface area contributed by atoms with Crippen LogP contribution in [0, 0.1) is 0 Å². The first-order valence-electron chi connectivity index (χ1n) is 11.1. The van der Waals surface area contributed by atoms with Crippen LogP contribution >= 0.6 is 22.7 Å². The molecule has 154 valence electrons. The number of thiophene rings is 2. The molecule has 0 unspecified atom stereocenters. The van der Waals surface area contributed by atoms with Gasteiger partial charge in [0.05, 0.1) is 16.3 Å². The second-order valence-electron chi connectivity index (χ2n) is 8.60. The van der Waals surface area contributed by atoms with Gasteiger partial charge in [0.1, 0.15) is 0 Å². The molecule has 0 saturated carbocycles. The van der Waals surface area contributed by atoms with Crippen LogP contribution in [0.2, 0.25) is 0 Å². The van der Waals surface area contributed by atoms with Crippen molar-refractivity contribution < 1.29 is 0 Å². The topological polar surface area (TPSA) is 6.48 Å². The molecule has 0 aliphatic carbocycles. The van der Waals surface area contributed by atoms with Gasteiger partial charge in [-0.3, -0.25) is 0 Å². The molecule has 2 aliphatic rings. The molecule has 5 heteroatoms. The molecule has 0 fully saturated rings. The number of hydrogen-bond acceptors (Lipinski definition) is 4. The first kappa shape index (κ1) is 18.0. The summed E-state index contributed by atoms with van der Waals surface area (Å²) in [5.41, 5.74) is 7.78. The molecule has 0 atom stereocenters. The average molecular weight is 456 g/mol. The number of benzene rings is 4. The smallest absolute Gasteiger partial charge is 0.360 e. The molecule has 0 amide bonds.